The molecule has 0 aliphatic carbocycles. The number of hydrogen-bond donors (Lipinski definition) is 1. The second-order valence-electron chi connectivity index (χ2n) is 8.27. The molecule has 0 spiro atoms. The van der Waals surface area contributed by atoms with E-state index < -0.39 is 0 Å². The van der Waals surface area contributed by atoms with Gasteiger partial charge in [-0.15, -0.1) is 0 Å². The van der Waals surface area contributed by atoms with Crippen LogP contribution in [0.2, 0.25) is 0 Å². The normalized spacial score (nSPS) is 14.8. The fourth-order valence-corrected chi connectivity index (χ4v) is 4.37. The Balaban J connectivity index is 1.58. The number of carbonyl (C=O) groups excluding carboxylic acids is 1. The third kappa shape index (κ3) is 4.83. The molecule has 2 aromatic carbocycles. The molecule has 1 aliphatic heterocycles. The lowest BCUT2D eigenvalue weighted by molar-refractivity contribution is 0.0365. The van der Waals surface area contributed by atoms with E-state index >= 15 is 0 Å². The molecule has 1 N–H and O–H groups in total. The Morgan fingerprint density at radius 2 is 1.77 bits per heavy atom. The van der Waals surface area contributed by atoms with E-state index in [2.05, 4.69) is 46.8 Å². The Morgan fingerprint density at radius 3 is 2.52 bits per heavy atom. The van der Waals surface area contributed by atoms with Crippen LogP contribution in [0.25, 0.3) is 10.9 Å². The number of fused-ring (bicyclic) bond motifs is 1. The van der Waals surface area contributed by atoms with Gasteiger partial charge in [0.25, 0.3) is 0 Å². The summed E-state index contributed by atoms with van der Waals surface area (Å²) in [5.41, 5.74) is 4.80. The van der Waals surface area contributed by atoms with Crippen LogP contribution >= 0.6 is 0 Å². The van der Waals surface area contributed by atoms with Crippen LogP contribution in [0.15, 0.2) is 48.5 Å². The fraction of sp³-hybridized carbons (Fsp3) is 0.423. The van der Waals surface area contributed by atoms with E-state index in [4.69, 9.17) is 4.74 Å². The van der Waals surface area contributed by atoms with Crippen LogP contribution < -0.4 is 5.32 Å². The molecule has 1 fully saturated rings. The van der Waals surface area contributed by atoms with Gasteiger partial charge in [-0.25, -0.2) is 0 Å². The van der Waals surface area contributed by atoms with Crippen molar-refractivity contribution in [3.8, 4) is 0 Å². The number of nitrogens with one attached hydrogen (secondary N) is 1. The molecule has 164 valence electrons. The summed E-state index contributed by atoms with van der Waals surface area (Å²) in [6.07, 6.45) is 2.31. The number of aromatic nitrogens is 1. The van der Waals surface area contributed by atoms with Crippen molar-refractivity contribution in [1.29, 1.82) is 0 Å². The van der Waals surface area contributed by atoms with Crippen molar-refractivity contribution in [2.24, 2.45) is 0 Å². The predicted molar refractivity (Wildman–Crippen MR) is 127 cm³/mol. The van der Waals surface area contributed by atoms with Gasteiger partial charge < -0.3 is 14.6 Å². The SMILES string of the molecule is CCCCNc1ccc(C(=O)c2c(C)n(CCN3CCOCC3)c3ccccc23)cc1. The van der Waals surface area contributed by atoms with Crippen molar-refractivity contribution in [3.63, 3.8) is 0 Å². The first-order chi connectivity index (χ1) is 15.2. The largest absolute Gasteiger partial charge is 0.385 e. The van der Waals surface area contributed by atoms with Crippen LogP contribution in [0.4, 0.5) is 5.69 Å². The third-order valence-electron chi connectivity index (χ3n) is 6.21. The van der Waals surface area contributed by atoms with Crippen LogP contribution in [-0.4, -0.2) is 54.6 Å². The van der Waals surface area contributed by atoms with E-state index in [0.29, 0.717) is 0 Å². The predicted octanol–water partition coefficient (Wildman–Crippen LogP) is 4.72. The Hall–Kier alpha value is -2.63. The molecule has 5 nitrogen and oxygen atoms in total. The highest BCUT2D eigenvalue weighted by molar-refractivity contribution is 6.17. The molecular weight excluding hydrogens is 386 g/mol. The number of rotatable bonds is 9. The van der Waals surface area contributed by atoms with Gasteiger partial charge in [0.2, 0.25) is 0 Å². The molecule has 0 atom stereocenters. The van der Waals surface area contributed by atoms with Gasteiger partial charge in [0.15, 0.2) is 5.78 Å². The Kier molecular flexibility index (Phi) is 7.05. The van der Waals surface area contributed by atoms with Gasteiger partial charge in [-0.1, -0.05) is 31.5 Å². The summed E-state index contributed by atoms with van der Waals surface area (Å²) in [5.74, 6) is 0.0962. The number of para-hydroxylation sites is 1. The quantitative estimate of drug-likeness (QED) is 0.403. The molecule has 0 bridgehead atoms. The lowest BCUT2D eigenvalue weighted by Crippen LogP contribution is -2.38. The van der Waals surface area contributed by atoms with E-state index in [-0.39, 0.29) is 5.78 Å². The monoisotopic (exact) mass is 419 g/mol. The van der Waals surface area contributed by atoms with E-state index in [1.165, 1.54) is 6.42 Å². The minimum absolute atomic E-state index is 0.0962. The lowest BCUT2D eigenvalue weighted by atomic mass is 10.0. The molecule has 0 amide bonds. The number of carbonyl (C=O) groups is 1. The topological polar surface area (TPSA) is 46.5 Å². The molecule has 0 radical (unpaired) electrons. The molecule has 0 unspecified atom stereocenters. The van der Waals surface area contributed by atoms with Crippen molar-refractivity contribution < 1.29 is 9.53 Å². The number of benzene rings is 2. The second kappa shape index (κ2) is 10.1. The minimum Gasteiger partial charge on any atom is -0.385 e. The number of ketones is 1. The van der Waals surface area contributed by atoms with Gasteiger partial charge >= 0.3 is 0 Å². The van der Waals surface area contributed by atoms with Crippen LogP contribution in [0.3, 0.4) is 0 Å². The fourth-order valence-electron chi connectivity index (χ4n) is 4.37. The molecule has 1 aliphatic rings. The molecule has 2 heterocycles. The zero-order chi connectivity index (χ0) is 21.6. The zero-order valence-electron chi connectivity index (χ0n) is 18.7. The van der Waals surface area contributed by atoms with Crippen molar-refractivity contribution in [1.82, 2.24) is 9.47 Å². The van der Waals surface area contributed by atoms with E-state index in [1.807, 2.05) is 30.3 Å². The summed E-state index contributed by atoms with van der Waals surface area (Å²) in [7, 11) is 0. The van der Waals surface area contributed by atoms with Gasteiger partial charge in [-0.2, -0.15) is 0 Å². The number of hydrogen-bond acceptors (Lipinski definition) is 4. The minimum atomic E-state index is 0.0962. The van der Waals surface area contributed by atoms with Crippen molar-refractivity contribution in [2.45, 2.75) is 33.2 Å². The number of nitrogens with zero attached hydrogens (tertiary/aromatic N) is 2. The average molecular weight is 420 g/mol. The first-order valence-corrected chi connectivity index (χ1v) is 11.5. The summed E-state index contributed by atoms with van der Waals surface area (Å²) >= 11 is 0. The van der Waals surface area contributed by atoms with E-state index in [0.717, 1.165) is 85.8 Å². The highest BCUT2D eigenvalue weighted by Gasteiger charge is 2.21. The van der Waals surface area contributed by atoms with Crippen LogP contribution in [-0.2, 0) is 11.3 Å². The molecule has 31 heavy (non-hydrogen) atoms. The Labute approximate surface area is 185 Å². The first-order valence-electron chi connectivity index (χ1n) is 11.5. The van der Waals surface area contributed by atoms with Crippen LogP contribution in [0.1, 0.15) is 41.4 Å². The maximum Gasteiger partial charge on any atom is 0.195 e. The molecule has 3 aromatic rings. The van der Waals surface area contributed by atoms with Gasteiger partial charge in [0.1, 0.15) is 0 Å². The van der Waals surface area contributed by atoms with Gasteiger partial charge in [-0.3, -0.25) is 9.69 Å². The number of unbranched alkanes of at least 4 members (excludes halogenated alkanes) is 1. The second-order valence-corrected chi connectivity index (χ2v) is 8.27. The molecule has 0 saturated carbocycles. The van der Waals surface area contributed by atoms with Crippen molar-refractivity contribution in [3.05, 3.63) is 65.4 Å². The molecule has 1 saturated heterocycles. The van der Waals surface area contributed by atoms with E-state index in [9.17, 15) is 4.79 Å². The number of morpholine rings is 1. The summed E-state index contributed by atoms with van der Waals surface area (Å²) in [6.45, 7) is 10.6. The zero-order valence-corrected chi connectivity index (χ0v) is 18.7. The highest BCUT2D eigenvalue weighted by Crippen LogP contribution is 2.28. The Morgan fingerprint density at radius 1 is 1.03 bits per heavy atom. The maximum atomic E-state index is 13.5. The smallest absolute Gasteiger partial charge is 0.195 e. The van der Waals surface area contributed by atoms with Crippen LogP contribution in [0.5, 0.6) is 0 Å². The average Bonchev–Trinajstić information content (AvgIpc) is 3.09. The summed E-state index contributed by atoms with van der Waals surface area (Å²) in [5, 5.41) is 4.45. The first kappa shape index (κ1) is 21.6. The van der Waals surface area contributed by atoms with Crippen molar-refractivity contribution in [2.75, 3.05) is 44.7 Å². The molecular formula is C26H33N3O2. The molecule has 1 aromatic heterocycles. The third-order valence-corrected chi connectivity index (χ3v) is 6.21. The molecule has 5 heteroatoms. The standard InChI is InChI=1S/C26H33N3O2/c1-3-4-13-27-22-11-9-21(10-12-22)26(30)25-20(2)29(24-8-6-5-7-23(24)25)15-14-28-16-18-31-19-17-28/h5-12,27H,3-4,13-19H2,1-2H3. The Bertz CT molecular complexity index is 1020. The maximum absolute atomic E-state index is 13.5. The number of anilines is 1. The van der Waals surface area contributed by atoms with Crippen LogP contribution in [0, 0.1) is 6.92 Å². The summed E-state index contributed by atoms with van der Waals surface area (Å²) in [4.78, 5) is 15.9. The van der Waals surface area contributed by atoms with Gasteiger partial charge in [0.05, 0.1) is 18.8 Å². The van der Waals surface area contributed by atoms with Crippen molar-refractivity contribution >= 4 is 22.4 Å². The summed E-state index contributed by atoms with van der Waals surface area (Å²) in [6, 6.07) is 16.2. The van der Waals surface area contributed by atoms with Gasteiger partial charge in [-0.05, 0) is 43.7 Å². The lowest BCUT2D eigenvalue weighted by Gasteiger charge is -2.27. The molecule has 4 rings (SSSR count). The van der Waals surface area contributed by atoms with E-state index in [1.54, 1.807) is 0 Å². The summed E-state index contributed by atoms with van der Waals surface area (Å²) < 4.78 is 7.77. The van der Waals surface area contributed by atoms with Gasteiger partial charge in [0, 0.05) is 60.6 Å². The highest BCUT2D eigenvalue weighted by atomic mass is 16.5. The number of ether oxygens (including phenoxy) is 1.